The molecule has 2 aromatic rings. The van der Waals surface area contributed by atoms with Crippen LogP contribution in [0.3, 0.4) is 0 Å². The van der Waals surface area contributed by atoms with Crippen LogP contribution in [0.25, 0.3) is 0 Å². The quantitative estimate of drug-likeness (QED) is 0.459. The van der Waals surface area contributed by atoms with Crippen molar-refractivity contribution >= 4 is 17.8 Å². The fraction of sp³-hybridized carbons (Fsp3) is 0.548. The zero-order valence-corrected chi connectivity index (χ0v) is 23.9. The highest BCUT2D eigenvalue weighted by Gasteiger charge is 2.67. The third-order valence-corrected chi connectivity index (χ3v) is 9.27. The SMILES string of the molecule is CCC1(CC)CC(=O)N([C@@H](c2cccnc2)C2[C@H](C(=O)N[C@H]3CC(C)(C)Oc4ccccc43)C2(C)C)C(=N)N1. The molecule has 0 bridgehead atoms. The van der Waals surface area contributed by atoms with Gasteiger partial charge in [0.15, 0.2) is 5.96 Å². The Labute approximate surface area is 231 Å². The first-order valence-electron chi connectivity index (χ1n) is 14.1. The highest BCUT2D eigenvalue weighted by Crippen LogP contribution is 2.65. The summed E-state index contributed by atoms with van der Waals surface area (Å²) in [6.45, 7) is 12.3. The van der Waals surface area contributed by atoms with Gasteiger partial charge in [0, 0.05) is 41.8 Å². The third kappa shape index (κ3) is 4.79. The van der Waals surface area contributed by atoms with E-state index < -0.39 is 17.2 Å². The Kier molecular flexibility index (Phi) is 6.72. The second-order valence-corrected chi connectivity index (χ2v) is 12.6. The fourth-order valence-corrected chi connectivity index (χ4v) is 6.85. The number of benzene rings is 1. The van der Waals surface area contributed by atoms with Gasteiger partial charge >= 0.3 is 0 Å². The summed E-state index contributed by atoms with van der Waals surface area (Å²) in [5.41, 5.74) is 0.619. The molecule has 2 fully saturated rings. The number of ether oxygens (including phenoxy) is 1. The summed E-state index contributed by atoms with van der Waals surface area (Å²) in [5.74, 6) is 0.283. The van der Waals surface area contributed by atoms with Crippen molar-refractivity contribution in [1.82, 2.24) is 20.5 Å². The summed E-state index contributed by atoms with van der Waals surface area (Å²) in [7, 11) is 0. The number of hydrogen-bond acceptors (Lipinski definition) is 5. The van der Waals surface area contributed by atoms with E-state index in [2.05, 4.69) is 29.5 Å². The van der Waals surface area contributed by atoms with Gasteiger partial charge in [-0.25, -0.2) is 0 Å². The van der Waals surface area contributed by atoms with E-state index in [-0.39, 0.29) is 41.1 Å². The van der Waals surface area contributed by atoms with Crippen LogP contribution in [0.2, 0.25) is 0 Å². The number of fused-ring (bicyclic) bond motifs is 1. The lowest BCUT2D eigenvalue weighted by Crippen LogP contribution is -2.62. The van der Waals surface area contributed by atoms with Crippen molar-refractivity contribution in [3.63, 3.8) is 0 Å². The fourth-order valence-electron chi connectivity index (χ4n) is 6.85. The van der Waals surface area contributed by atoms with Crippen molar-refractivity contribution in [3.8, 4) is 5.75 Å². The number of nitrogens with one attached hydrogen (secondary N) is 3. The molecule has 1 unspecified atom stereocenters. The summed E-state index contributed by atoms with van der Waals surface area (Å²) in [4.78, 5) is 33.6. The molecule has 3 N–H and O–H groups in total. The summed E-state index contributed by atoms with van der Waals surface area (Å²) in [5, 5.41) is 15.6. The van der Waals surface area contributed by atoms with Crippen LogP contribution in [0.5, 0.6) is 5.75 Å². The van der Waals surface area contributed by atoms with Crippen molar-refractivity contribution < 1.29 is 14.3 Å². The normalized spacial score (nSPS) is 27.0. The molecule has 1 aromatic heterocycles. The van der Waals surface area contributed by atoms with E-state index in [0.717, 1.165) is 29.7 Å². The van der Waals surface area contributed by atoms with E-state index in [1.165, 1.54) is 0 Å². The standard InChI is InChI=1S/C31H41N5O3/c1-7-31(8-2)17-23(37)36(28(32)35-31)26(19-12-11-15-33-18-19)24-25(30(24,5)6)27(38)34-21-16-29(3,4)39-22-14-10-9-13-20(21)22/h9-15,18,21,24-26H,7-8,16-17H2,1-6H3,(H2,32,35)(H,34,38)/t21-,24?,25+,26-/m0/s1. The van der Waals surface area contributed by atoms with Crippen molar-refractivity contribution in [1.29, 1.82) is 5.41 Å². The number of amides is 2. The summed E-state index contributed by atoms with van der Waals surface area (Å²) >= 11 is 0. The number of carbonyl (C=O) groups excluding carboxylic acids is 2. The van der Waals surface area contributed by atoms with Gasteiger partial charge in [-0.05, 0) is 49.8 Å². The molecule has 0 spiro atoms. The first kappa shape index (κ1) is 27.2. The molecule has 3 heterocycles. The van der Waals surface area contributed by atoms with Crippen LogP contribution < -0.4 is 15.4 Å². The average Bonchev–Trinajstić information content (AvgIpc) is 3.46. The smallest absolute Gasteiger partial charge is 0.232 e. The first-order chi connectivity index (χ1) is 18.4. The molecule has 208 valence electrons. The predicted molar refractivity (Wildman–Crippen MR) is 150 cm³/mol. The monoisotopic (exact) mass is 531 g/mol. The predicted octanol–water partition coefficient (Wildman–Crippen LogP) is 5.13. The molecule has 1 saturated carbocycles. The third-order valence-electron chi connectivity index (χ3n) is 9.27. The lowest BCUT2D eigenvalue weighted by atomic mass is 9.85. The Hall–Kier alpha value is -3.42. The van der Waals surface area contributed by atoms with Crippen molar-refractivity contribution in [2.75, 3.05) is 0 Å². The maximum Gasteiger partial charge on any atom is 0.232 e. The Morgan fingerprint density at radius 1 is 1.18 bits per heavy atom. The van der Waals surface area contributed by atoms with Gasteiger partial charge in [0.05, 0.1) is 18.5 Å². The van der Waals surface area contributed by atoms with Gasteiger partial charge in [0.1, 0.15) is 11.4 Å². The molecule has 1 aliphatic carbocycles. The van der Waals surface area contributed by atoms with Crippen LogP contribution in [0.4, 0.5) is 0 Å². The van der Waals surface area contributed by atoms with Gasteiger partial charge in [-0.15, -0.1) is 0 Å². The first-order valence-corrected chi connectivity index (χ1v) is 14.1. The molecule has 8 heteroatoms. The largest absolute Gasteiger partial charge is 0.487 e. The number of guanidine groups is 1. The minimum absolute atomic E-state index is 0.0307. The van der Waals surface area contributed by atoms with Gasteiger partial charge in [0.25, 0.3) is 0 Å². The molecule has 4 atom stereocenters. The summed E-state index contributed by atoms with van der Waals surface area (Å²) < 4.78 is 6.17. The van der Waals surface area contributed by atoms with E-state index in [9.17, 15) is 9.59 Å². The van der Waals surface area contributed by atoms with Crippen LogP contribution in [0.15, 0.2) is 48.8 Å². The molecule has 39 heavy (non-hydrogen) atoms. The Bertz CT molecular complexity index is 1250. The van der Waals surface area contributed by atoms with E-state index in [0.29, 0.717) is 12.8 Å². The summed E-state index contributed by atoms with van der Waals surface area (Å²) in [6, 6.07) is 11.0. The molecule has 5 rings (SSSR count). The van der Waals surface area contributed by atoms with Crippen LogP contribution in [0, 0.1) is 22.7 Å². The van der Waals surface area contributed by atoms with Crippen LogP contribution in [-0.4, -0.2) is 38.8 Å². The molecular formula is C31H41N5O3. The number of aromatic nitrogens is 1. The Balaban J connectivity index is 1.45. The molecule has 1 saturated heterocycles. The lowest BCUT2D eigenvalue weighted by Gasteiger charge is -2.45. The van der Waals surface area contributed by atoms with Crippen molar-refractivity contribution in [3.05, 3.63) is 59.9 Å². The number of rotatable bonds is 7. The maximum absolute atomic E-state index is 14.0. The molecule has 2 amide bonds. The van der Waals surface area contributed by atoms with Gasteiger partial charge in [-0.3, -0.25) is 24.9 Å². The van der Waals surface area contributed by atoms with Crippen molar-refractivity contribution in [2.24, 2.45) is 17.3 Å². The zero-order chi connectivity index (χ0) is 28.2. The number of pyridine rings is 1. The van der Waals surface area contributed by atoms with Crippen molar-refractivity contribution in [2.45, 2.75) is 90.4 Å². The minimum atomic E-state index is -0.470. The summed E-state index contributed by atoms with van der Waals surface area (Å²) in [6.07, 6.45) is 5.95. The Morgan fingerprint density at radius 2 is 1.90 bits per heavy atom. The number of carbonyl (C=O) groups is 2. The maximum atomic E-state index is 14.0. The Morgan fingerprint density at radius 3 is 2.54 bits per heavy atom. The molecule has 1 aromatic carbocycles. The van der Waals surface area contributed by atoms with E-state index in [1.807, 2.05) is 64.1 Å². The number of para-hydroxylation sites is 1. The van der Waals surface area contributed by atoms with E-state index in [4.69, 9.17) is 10.1 Å². The topological polar surface area (TPSA) is 107 Å². The van der Waals surface area contributed by atoms with Crippen LogP contribution >= 0.6 is 0 Å². The molecule has 2 aliphatic heterocycles. The van der Waals surface area contributed by atoms with E-state index >= 15 is 0 Å². The van der Waals surface area contributed by atoms with E-state index in [1.54, 1.807) is 17.3 Å². The lowest BCUT2D eigenvalue weighted by molar-refractivity contribution is -0.134. The minimum Gasteiger partial charge on any atom is -0.487 e. The molecular weight excluding hydrogens is 490 g/mol. The molecule has 0 radical (unpaired) electrons. The average molecular weight is 532 g/mol. The van der Waals surface area contributed by atoms with Crippen LogP contribution in [-0.2, 0) is 9.59 Å². The van der Waals surface area contributed by atoms with Gasteiger partial charge < -0.3 is 15.4 Å². The van der Waals surface area contributed by atoms with Gasteiger partial charge in [-0.1, -0.05) is 52.0 Å². The van der Waals surface area contributed by atoms with Crippen LogP contribution in [0.1, 0.15) is 90.4 Å². The second-order valence-electron chi connectivity index (χ2n) is 12.6. The second kappa shape index (κ2) is 9.65. The molecule has 3 aliphatic rings. The number of nitrogens with zero attached hydrogens (tertiary/aromatic N) is 2. The zero-order valence-electron chi connectivity index (χ0n) is 23.9. The van der Waals surface area contributed by atoms with Gasteiger partial charge in [0.2, 0.25) is 11.8 Å². The highest BCUT2D eigenvalue weighted by molar-refractivity contribution is 6.00. The van der Waals surface area contributed by atoms with Gasteiger partial charge in [-0.2, -0.15) is 0 Å². The highest BCUT2D eigenvalue weighted by atomic mass is 16.5. The molecule has 8 nitrogen and oxygen atoms in total. The number of hydrogen-bond donors (Lipinski definition) is 3.